The third-order valence-corrected chi connectivity index (χ3v) is 2.61. The number of tetrazole rings is 1. The maximum Gasteiger partial charge on any atom is 0.212 e. The van der Waals surface area contributed by atoms with Crippen LogP contribution in [0.3, 0.4) is 0 Å². The Bertz CT molecular complexity index is 793. The van der Waals surface area contributed by atoms with E-state index in [2.05, 4.69) is 20.4 Å². The van der Waals surface area contributed by atoms with Crippen LogP contribution in [0.4, 0.5) is 4.39 Å². The van der Waals surface area contributed by atoms with E-state index in [0.717, 1.165) is 0 Å². The Labute approximate surface area is 125 Å². The van der Waals surface area contributed by atoms with Gasteiger partial charge in [0.15, 0.2) is 0 Å². The van der Waals surface area contributed by atoms with Crippen LogP contribution in [0.15, 0.2) is 42.6 Å². The molecule has 21 heavy (non-hydrogen) atoms. The Morgan fingerprint density at radius 3 is 2.76 bits per heavy atom. The minimum Gasteiger partial charge on any atom is -0.226 e. The lowest BCUT2D eigenvalue weighted by Crippen LogP contribution is -2.00. The van der Waals surface area contributed by atoms with Gasteiger partial charge < -0.3 is 0 Å². The van der Waals surface area contributed by atoms with Crippen LogP contribution in [0.25, 0.3) is 17.1 Å². The van der Waals surface area contributed by atoms with E-state index in [1.54, 1.807) is 24.3 Å². The highest BCUT2D eigenvalue weighted by Crippen LogP contribution is 2.15. The number of pyridine rings is 1. The minimum absolute atomic E-state index is 0. The van der Waals surface area contributed by atoms with Crippen molar-refractivity contribution in [2.45, 2.75) is 0 Å². The SMILES string of the molecule is Cl.N#Cc1cccc(-c2nnn(-c3ccc(F)nc3)n2)c1. The first-order chi connectivity index (χ1) is 9.76. The van der Waals surface area contributed by atoms with Crippen LogP contribution in [-0.4, -0.2) is 25.2 Å². The van der Waals surface area contributed by atoms with Crippen molar-refractivity contribution in [3.8, 4) is 23.1 Å². The van der Waals surface area contributed by atoms with E-state index in [9.17, 15) is 4.39 Å². The lowest BCUT2D eigenvalue weighted by atomic mass is 10.1. The molecule has 3 aromatic rings. The topological polar surface area (TPSA) is 80.3 Å². The average molecular weight is 303 g/mol. The van der Waals surface area contributed by atoms with Gasteiger partial charge in [-0.2, -0.15) is 9.65 Å². The van der Waals surface area contributed by atoms with Gasteiger partial charge in [0.25, 0.3) is 0 Å². The van der Waals surface area contributed by atoms with Crippen molar-refractivity contribution in [1.29, 1.82) is 5.26 Å². The van der Waals surface area contributed by atoms with Crippen LogP contribution < -0.4 is 0 Å². The zero-order valence-electron chi connectivity index (χ0n) is 10.5. The third-order valence-electron chi connectivity index (χ3n) is 2.61. The Morgan fingerprint density at radius 2 is 2.05 bits per heavy atom. The molecule has 0 aliphatic rings. The number of rotatable bonds is 2. The van der Waals surface area contributed by atoms with Crippen molar-refractivity contribution in [2.75, 3.05) is 0 Å². The summed E-state index contributed by atoms with van der Waals surface area (Å²) in [6, 6.07) is 11.7. The minimum atomic E-state index is -0.573. The molecule has 0 aliphatic carbocycles. The van der Waals surface area contributed by atoms with Gasteiger partial charge in [0.1, 0.15) is 5.69 Å². The molecule has 0 fully saturated rings. The van der Waals surface area contributed by atoms with Gasteiger partial charge >= 0.3 is 0 Å². The van der Waals surface area contributed by atoms with E-state index in [4.69, 9.17) is 5.26 Å². The van der Waals surface area contributed by atoms with Gasteiger partial charge in [-0.1, -0.05) is 12.1 Å². The summed E-state index contributed by atoms with van der Waals surface area (Å²) in [5.41, 5.74) is 1.70. The van der Waals surface area contributed by atoms with Crippen molar-refractivity contribution >= 4 is 12.4 Å². The molecule has 1 aromatic carbocycles. The number of hydrogen-bond donors (Lipinski definition) is 0. The van der Waals surface area contributed by atoms with Crippen molar-refractivity contribution in [1.82, 2.24) is 25.2 Å². The quantitative estimate of drug-likeness (QED) is 0.678. The van der Waals surface area contributed by atoms with Crippen molar-refractivity contribution < 1.29 is 4.39 Å². The molecular formula is C13H8ClFN6. The van der Waals surface area contributed by atoms with Crippen LogP contribution in [0.5, 0.6) is 0 Å². The molecule has 0 bridgehead atoms. The van der Waals surface area contributed by atoms with E-state index >= 15 is 0 Å². The third kappa shape index (κ3) is 3.01. The highest BCUT2D eigenvalue weighted by atomic mass is 35.5. The number of nitriles is 1. The second kappa shape index (κ2) is 6.07. The van der Waals surface area contributed by atoms with Crippen molar-refractivity contribution in [2.24, 2.45) is 0 Å². The van der Waals surface area contributed by atoms with E-state index < -0.39 is 5.95 Å². The highest BCUT2D eigenvalue weighted by Gasteiger charge is 2.08. The molecule has 0 radical (unpaired) electrons. The van der Waals surface area contributed by atoms with Crippen LogP contribution in [0.2, 0.25) is 0 Å². The van der Waals surface area contributed by atoms with Crippen LogP contribution in [0, 0.1) is 17.3 Å². The zero-order chi connectivity index (χ0) is 13.9. The number of aromatic nitrogens is 5. The fourth-order valence-corrected chi connectivity index (χ4v) is 1.65. The van der Waals surface area contributed by atoms with Gasteiger partial charge in [0, 0.05) is 5.56 Å². The van der Waals surface area contributed by atoms with E-state index in [0.29, 0.717) is 22.6 Å². The van der Waals surface area contributed by atoms with Gasteiger partial charge in [0.2, 0.25) is 11.8 Å². The Morgan fingerprint density at radius 1 is 1.19 bits per heavy atom. The van der Waals surface area contributed by atoms with Crippen LogP contribution in [0.1, 0.15) is 5.56 Å². The lowest BCUT2D eigenvalue weighted by molar-refractivity contribution is 0.580. The molecule has 2 aromatic heterocycles. The zero-order valence-corrected chi connectivity index (χ0v) is 11.3. The van der Waals surface area contributed by atoms with Gasteiger partial charge in [0.05, 0.1) is 17.8 Å². The molecule has 0 unspecified atom stereocenters. The summed E-state index contributed by atoms with van der Waals surface area (Å²) in [6.07, 6.45) is 1.31. The molecule has 0 spiro atoms. The Hall–Kier alpha value is -2.85. The predicted octanol–water partition coefficient (Wildman–Crippen LogP) is 2.16. The molecule has 0 saturated carbocycles. The molecule has 0 amide bonds. The summed E-state index contributed by atoms with van der Waals surface area (Å²) in [6.45, 7) is 0. The van der Waals surface area contributed by atoms with E-state index in [1.807, 2.05) is 6.07 Å². The van der Waals surface area contributed by atoms with Gasteiger partial charge in [-0.25, -0.2) is 4.98 Å². The monoisotopic (exact) mass is 302 g/mol. The molecule has 8 heteroatoms. The smallest absolute Gasteiger partial charge is 0.212 e. The molecule has 0 aliphatic heterocycles. The van der Waals surface area contributed by atoms with Crippen molar-refractivity contribution in [3.63, 3.8) is 0 Å². The van der Waals surface area contributed by atoms with E-state index in [1.165, 1.54) is 23.1 Å². The molecular weight excluding hydrogens is 295 g/mol. The average Bonchev–Trinajstić information content (AvgIpc) is 2.98. The summed E-state index contributed by atoms with van der Waals surface area (Å²) < 4.78 is 12.7. The molecule has 104 valence electrons. The summed E-state index contributed by atoms with van der Waals surface area (Å²) in [7, 11) is 0. The first-order valence-electron chi connectivity index (χ1n) is 5.69. The maximum atomic E-state index is 12.7. The number of nitrogens with zero attached hydrogens (tertiary/aromatic N) is 6. The predicted molar refractivity (Wildman–Crippen MR) is 74.3 cm³/mol. The van der Waals surface area contributed by atoms with Crippen LogP contribution in [-0.2, 0) is 0 Å². The Balaban J connectivity index is 0.00000161. The Kier molecular flexibility index (Phi) is 4.21. The summed E-state index contributed by atoms with van der Waals surface area (Å²) in [5.74, 6) is -0.192. The fraction of sp³-hybridized carbons (Fsp3) is 0. The summed E-state index contributed by atoms with van der Waals surface area (Å²) in [4.78, 5) is 4.78. The summed E-state index contributed by atoms with van der Waals surface area (Å²) in [5, 5.41) is 20.8. The molecule has 2 heterocycles. The van der Waals surface area contributed by atoms with Gasteiger partial charge in [-0.15, -0.1) is 27.4 Å². The first kappa shape index (κ1) is 14.6. The first-order valence-corrected chi connectivity index (χ1v) is 5.69. The molecule has 0 N–H and O–H groups in total. The molecule has 0 atom stereocenters. The van der Waals surface area contributed by atoms with Gasteiger partial charge in [-0.3, -0.25) is 0 Å². The lowest BCUT2D eigenvalue weighted by Gasteiger charge is -1.96. The summed E-state index contributed by atoms with van der Waals surface area (Å²) >= 11 is 0. The van der Waals surface area contributed by atoms with Gasteiger partial charge in [-0.05, 0) is 29.5 Å². The highest BCUT2D eigenvalue weighted by molar-refractivity contribution is 5.85. The largest absolute Gasteiger partial charge is 0.226 e. The van der Waals surface area contributed by atoms with Crippen molar-refractivity contribution in [3.05, 3.63) is 54.1 Å². The second-order valence-electron chi connectivity index (χ2n) is 3.93. The molecule has 0 saturated heterocycles. The standard InChI is InChI=1S/C13H7FN6.ClH/c14-12-5-4-11(8-16-12)20-18-13(17-19-20)10-3-1-2-9(6-10)7-15;/h1-6,8H;1H. The number of hydrogen-bond acceptors (Lipinski definition) is 5. The second-order valence-corrected chi connectivity index (χ2v) is 3.93. The van der Waals surface area contributed by atoms with E-state index in [-0.39, 0.29) is 12.4 Å². The molecule has 6 nitrogen and oxygen atoms in total. The van der Waals surface area contributed by atoms with Crippen LogP contribution >= 0.6 is 12.4 Å². The number of benzene rings is 1. The number of halogens is 2. The fourth-order valence-electron chi connectivity index (χ4n) is 1.65. The normalized spacial score (nSPS) is 9.71. The molecule has 3 rings (SSSR count). The maximum absolute atomic E-state index is 12.7.